The van der Waals surface area contributed by atoms with E-state index in [4.69, 9.17) is 9.15 Å². The third-order valence-electron chi connectivity index (χ3n) is 5.45. The van der Waals surface area contributed by atoms with Gasteiger partial charge in [-0.05, 0) is 61.7 Å². The highest BCUT2D eigenvalue weighted by Crippen LogP contribution is 2.28. The summed E-state index contributed by atoms with van der Waals surface area (Å²) in [6.07, 6.45) is -0.591. The molecule has 0 saturated heterocycles. The molecule has 6 nitrogen and oxygen atoms in total. The first-order chi connectivity index (χ1) is 15.5. The van der Waals surface area contributed by atoms with Crippen LogP contribution in [0.4, 0.5) is 5.69 Å². The van der Waals surface area contributed by atoms with Crippen LogP contribution in [0.1, 0.15) is 34.8 Å². The zero-order valence-electron chi connectivity index (χ0n) is 18.2. The normalized spacial score (nSPS) is 11.8. The lowest BCUT2D eigenvalue weighted by Gasteiger charge is -2.18. The highest BCUT2D eigenvalue weighted by Gasteiger charge is 2.25. The van der Waals surface area contributed by atoms with Gasteiger partial charge in [-0.2, -0.15) is 0 Å². The fourth-order valence-corrected chi connectivity index (χ4v) is 3.45. The number of esters is 1. The molecule has 0 bridgehead atoms. The molecular formula is C26H24N2O4. The molecule has 0 radical (unpaired) electrons. The molecule has 162 valence electrons. The number of rotatable bonds is 6. The molecule has 1 heterocycles. The number of hydrogen-bond acceptors (Lipinski definition) is 5. The van der Waals surface area contributed by atoms with Crippen LogP contribution in [0.2, 0.25) is 0 Å². The van der Waals surface area contributed by atoms with Gasteiger partial charge >= 0.3 is 5.97 Å². The Morgan fingerprint density at radius 1 is 1.00 bits per heavy atom. The predicted octanol–water partition coefficient (Wildman–Crippen LogP) is 5.69. The summed E-state index contributed by atoms with van der Waals surface area (Å²) in [5.41, 5.74) is 4.88. The highest BCUT2D eigenvalue weighted by atomic mass is 16.5. The van der Waals surface area contributed by atoms with Gasteiger partial charge in [-0.15, -0.1) is 0 Å². The van der Waals surface area contributed by atoms with Crippen molar-refractivity contribution in [2.45, 2.75) is 33.3 Å². The standard InChI is InChI=1S/C26H24N2O4/c1-4-22(24(29)27-20-14-9-10-16(2)17(20)3)32-26(30)19-12-6-5-11-18(19)25-28-21-13-7-8-15-23(21)31-25/h5-15,22H,4H2,1-3H3,(H,27,29). The second-order valence-corrected chi connectivity index (χ2v) is 7.57. The van der Waals surface area contributed by atoms with Crippen molar-refractivity contribution in [3.8, 4) is 11.5 Å². The number of benzene rings is 3. The van der Waals surface area contributed by atoms with E-state index in [2.05, 4.69) is 10.3 Å². The number of oxazole rings is 1. The van der Waals surface area contributed by atoms with Crippen LogP contribution in [-0.2, 0) is 9.53 Å². The topological polar surface area (TPSA) is 81.4 Å². The van der Waals surface area contributed by atoms with Crippen LogP contribution in [0, 0.1) is 13.8 Å². The first-order valence-electron chi connectivity index (χ1n) is 10.5. The number of aryl methyl sites for hydroxylation is 1. The Balaban J connectivity index is 1.56. The lowest BCUT2D eigenvalue weighted by molar-refractivity contribution is -0.124. The Morgan fingerprint density at radius 3 is 2.53 bits per heavy atom. The number of hydrogen-bond donors (Lipinski definition) is 1. The number of fused-ring (bicyclic) bond motifs is 1. The van der Waals surface area contributed by atoms with Crippen LogP contribution in [-0.4, -0.2) is 23.0 Å². The number of amides is 1. The summed E-state index contributed by atoms with van der Waals surface area (Å²) in [5.74, 6) is -0.647. The first-order valence-corrected chi connectivity index (χ1v) is 10.5. The summed E-state index contributed by atoms with van der Waals surface area (Å²) in [6, 6.07) is 20.0. The van der Waals surface area contributed by atoms with Gasteiger partial charge in [0.25, 0.3) is 5.91 Å². The average molecular weight is 428 g/mol. The molecule has 3 aromatic carbocycles. The minimum atomic E-state index is -0.931. The number of nitrogens with one attached hydrogen (secondary N) is 1. The molecule has 0 aliphatic heterocycles. The molecule has 32 heavy (non-hydrogen) atoms. The highest BCUT2D eigenvalue weighted by molar-refractivity contribution is 6.00. The van der Waals surface area contributed by atoms with Crippen molar-refractivity contribution < 1.29 is 18.7 Å². The molecule has 1 atom stereocenters. The molecule has 1 amide bonds. The van der Waals surface area contributed by atoms with Crippen molar-refractivity contribution in [2.24, 2.45) is 0 Å². The van der Waals surface area contributed by atoms with Gasteiger partial charge in [0, 0.05) is 5.69 Å². The largest absolute Gasteiger partial charge is 0.449 e. The number of anilines is 1. The maximum Gasteiger partial charge on any atom is 0.339 e. The number of carbonyl (C=O) groups is 2. The average Bonchev–Trinajstić information content (AvgIpc) is 3.24. The third kappa shape index (κ3) is 4.25. The van der Waals surface area contributed by atoms with E-state index in [0.29, 0.717) is 34.7 Å². The smallest absolute Gasteiger partial charge is 0.339 e. The van der Waals surface area contributed by atoms with Crippen molar-refractivity contribution >= 4 is 28.7 Å². The lowest BCUT2D eigenvalue weighted by atomic mass is 10.1. The van der Waals surface area contributed by atoms with Gasteiger partial charge in [-0.1, -0.05) is 43.3 Å². The van der Waals surface area contributed by atoms with Crippen molar-refractivity contribution in [1.82, 2.24) is 4.98 Å². The van der Waals surface area contributed by atoms with Gasteiger partial charge in [0.2, 0.25) is 5.89 Å². The summed E-state index contributed by atoms with van der Waals surface area (Å²) in [6.45, 7) is 5.72. The van der Waals surface area contributed by atoms with E-state index in [0.717, 1.165) is 11.1 Å². The Hall–Kier alpha value is -3.93. The van der Waals surface area contributed by atoms with Gasteiger partial charge < -0.3 is 14.5 Å². The molecule has 0 aliphatic rings. The zero-order chi connectivity index (χ0) is 22.7. The number of aromatic nitrogens is 1. The van der Waals surface area contributed by atoms with E-state index < -0.39 is 12.1 Å². The SMILES string of the molecule is CCC(OC(=O)c1ccccc1-c1nc2ccccc2o1)C(=O)Nc1cccc(C)c1C. The van der Waals surface area contributed by atoms with Gasteiger partial charge in [-0.3, -0.25) is 4.79 Å². The second kappa shape index (κ2) is 9.06. The van der Waals surface area contributed by atoms with Gasteiger partial charge in [0.1, 0.15) is 5.52 Å². The Kier molecular flexibility index (Phi) is 6.03. The quantitative estimate of drug-likeness (QED) is 0.399. The Bertz CT molecular complexity index is 1260. The van der Waals surface area contributed by atoms with Crippen LogP contribution < -0.4 is 5.32 Å². The molecule has 1 N–H and O–H groups in total. The van der Waals surface area contributed by atoms with E-state index in [1.54, 1.807) is 31.2 Å². The number of nitrogens with zero attached hydrogens (tertiary/aromatic N) is 1. The second-order valence-electron chi connectivity index (χ2n) is 7.57. The van der Waals surface area contributed by atoms with Gasteiger partial charge in [-0.25, -0.2) is 9.78 Å². The molecule has 4 rings (SSSR count). The van der Waals surface area contributed by atoms with Crippen LogP contribution >= 0.6 is 0 Å². The Morgan fingerprint density at radius 2 is 1.75 bits per heavy atom. The summed E-state index contributed by atoms with van der Waals surface area (Å²) in [7, 11) is 0. The molecular weight excluding hydrogens is 404 g/mol. The molecule has 4 aromatic rings. The number of ether oxygens (including phenoxy) is 1. The van der Waals surface area contributed by atoms with Crippen molar-refractivity contribution in [3.63, 3.8) is 0 Å². The van der Waals surface area contributed by atoms with Gasteiger partial charge in [0.05, 0.1) is 11.1 Å². The summed E-state index contributed by atoms with van der Waals surface area (Å²) in [4.78, 5) is 30.3. The van der Waals surface area contributed by atoms with Crippen LogP contribution in [0.25, 0.3) is 22.6 Å². The lowest BCUT2D eigenvalue weighted by Crippen LogP contribution is -2.32. The third-order valence-corrected chi connectivity index (χ3v) is 5.45. The molecule has 1 aromatic heterocycles. The Labute approximate surface area is 186 Å². The zero-order valence-corrected chi connectivity index (χ0v) is 18.2. The van der Waals surface area contributed by atoms with Crippen LogP contribution in [0.15, 0.2) is 71.1 Å². The monoisotopic (exact) mass is 428 g/mol. The summed E-state index contributed by atoms with van der Waals surface area (Å²) >= 11 is 0. The summed E-state index contributed by atoms with van der Waals surface area (Å²) < 4.78 is 11.4. The van der Waals surface area contributed by atoms with Crippen LogP contribution in [0.3, 0.4) is 0 Å². The van der Waals surface area contributed by atoms with Crippen molar-refractivity contribution in [1.29, 1.82) is 0 Å². The molecule has 0 aliphatic carbocycles. The fraction of sp³-hybridized carbons (Fsp3) is 0.192. The first kappa shape index (κ1) is 21.3. The maximum atomic E-state index is 13.0. The fourth-order valence-electron chi connectivity index (χ4n) is 3.45. The number of carbonyl (C=O) groups excluding carboxylic acids is 2. The van der Waals surface area contributed by atoms with E-state index in [9.17, 15) is 9.59 Å². The van der Waals surface area contributed by atoms with E-state index in [1.807, 2.05) is 56.3 Å². The molecule has 0 fully saturated rings. The molecule has 6 heteroatoms. The summed E-state index contributed by atoms with van der Waals surface area (Å²) in [5, 5.41) is 2.88. The van der Waals surface area contributed by atoms with Crippen molar-refractivity contribution in [2.75, 3.05) is 5.32 Å². The van der Waals surface area contributed by atoms with E-state index in [-0.39, 0.29) is 11.5 Å². The molecule has 0 spiro atoms. The van der Waals surface area contributed by atoms with E-state index >= 15 is 0 Å². The molecule has 1 unspecified atom stereocenters. The predicted molar refractivity (Wildman–Crippen MR) is 123 cm³/mol. The maximum absolute atomic E-state index is 13.0. The minimum Gasteiger partial charge on any atom is -0.449 e. The van der Waals surface area contributed by atoms with E-state index in [1.165, 1.54) is 0 Å². The van der Waals surface area contributed by atoms with Crippen LogP contribution in [0.5, 0.6) is 0 Å². The minimum absolute atomic E-state index is 0.289. The number of para-hydroxylation sites is 2. The van der Waals surface area contributed by atoms with Crippen molar-refractivity contribution in [3.05, 3.63) is 83.4 Å². The molecule has 0 saturated carbocycles. The van der Waals surface area contributed by atoms with Gasteiger partial charge in [0.15, 0.2) is 11.7 Å².